The normalized spacial score (nSPS) is 12.5. The summed E-state index contributed by atoms with van der Waals surface area (Å²) in [7, 11) is 14.4. The van der Waals surface area contributed by atoms with Crippen molar-refractivity contribution >= 4 is 11.7 Å². The third-order valence-corrected chi connectivity index (χ3v) is 4.72. The second-order valence-electron chi connectivity index (χ2n) is 10.4. The molecule has 7 nitrogen and oxygen atoms in total. The zero-order chi connectivity index (χ0) is 22.2. The summed E-state index contributed by atoms with van der Waals surface area (Å²) in [6.45, 7) is 9.29. The number of nitrogens with one attached hydrogen (secondary N) is 1. The van der Waals surface area contributed by atoms with Crippen molar-refractivity contribution in [3.05, 3.63) is 34.4 Å². The van der Waals surface area contributed by atoms with Crippen molar-refractivity contribution in [2.24, 2.45) is 0 Å². The minimum absolute atomic E-state index is 0. The Morgan fingerprint density at radius 1 is 0.903 bits per heavy atom. The quantitative estimate of drug-likeness (QED) is 0.184. The van der Waals surface area contributed by atoms with E-state index in [1.54, 1.807) is 6.92 Å². The van der Waals surface area contributed by atoms with Gasteiger partial charge in [-0.3, -0.25) is 9.59 Å². The molecule has 0 bridgehead atoms. The van der Waals surface area contributed by atoms with Gasteiger partial charge in [-0.1, -0.05) is 6.58 Å². The third-order valence-electron chi connectivity index (χ3n) is 4.72. The average Bonchev–Trinajstić information content (AvgIpc) is 2.46. The van der Waals surface area contributed by atoms with Gasteiger partial charge >= 0.3 is 0 Å². The summed E-state index contributed by atoms with van der Waals surface area (Å²) in [5, 5.41) is 13.3. The molecular weight excluding hydrogens is 392 g/mol. The van der Waals surface area contributed by atoms with Crippen molar-refractivity contribution < 1.29 is 28.1 Å². The van der Waals surface area contributed by atoms with Gasteiger partial charge in [-0.05, 0) is 12.5 Å². The van der Waals surface area contributed by atoms with Gasteiger partial charge in [-0.2, -0.15) is 0 Å². The molecule has 1 atom stereocenters. The van der Waals surface area contributed by atoms with Crippen LogP contribution in [0.25, 0.3) is 0 Å². The Morgan fingerprint density at radius 2 is 1.42 bits per heavy atom. The van der Waals surface area contributed by atoms with Gasteiger partial charge in [0, 0.05) is 13.0 Å². The van der Waals surface area contributed by atoms with Gasteiger partial charge in [0.1, 0.15) is 13.1 Å². The largest absolute Gasteiger partial charge is 0.382 e. The van der Waals surface area contributed by atoms with Crippen LogP contribution >= 0.6 is 0 Å². The summed E-state index contributed by atoms with van der Waals surface area (Å²) >= 11 is 0. The molecule has 0 rings (SSSR count). The first-order valence-electron chi connectivity index (χ1n) is 10.1. The molecule has 0 aliphatic heterocycles. The highest BCUT2D eigenvalue weighted by atomic mass is 16.3. The predicted molar refractivity (Wildman–Crippen MR) is 134 cm³/mol. The number of likely N-dealkylation sites (N-methyl/N-ethyl adjacent to an activating group) is 3. The topological polar surface area (TPSA) is 66.4 Å². The molecule has 0 saturated carbocycles. The fourth-order valence-electron chi connectivity index (χ4n) is 3.23. The number of aliphatic hydroxyl groups is 1. The van der Waals surface area contributed by atoms with E-state index in [4.69, 9.17) is 0 Å². The van der Waals surface area contributed by atoms with Gasteiger partial charge in [-0.25, -0.2) is 0 Å². The van der Waals surface area contributed by atoms with E-state index >= 15 is 0 Å². The first kappa shape index (κ1) is 37.1. The lowest BCUT2D eigenvalue weighted by atomic mass is 10.1. The summed E-state index contributed by atoms with van der Waals surface area (Å²) in [4.78, 5) is 23.9. The summed E-state index contributed by atoms with van der Waals surface area (Å²) in [6, 6.07) is 0. The number of allylic oxidation sites excluding steroid dienone is 1. The number of hydrogen-bond acceptors (Lipinski definition) is 3. The van der Waals surface area contributed by atoms with E-state index in [1.165, 1.54) is 0 Å². The Balaban J connectivity index is -0.00000121. The summed E-state index contributed by atoms with van der Waals surface area (Å²) in [5.41, 5.74) is 0.566. The highest BCUT2D eigenvalue weighted by molar-refractivity contribution is 5.94. The van der Waals surface area contributed by atoms with Crippen LogP contribution in [0.4, 0.5) is 0 Å². The maximum absolute atomic E-state index is 12.2. The molecule has 0 aliphatic rings. The summed E-state index contributed by atoms with van der Waals surface area (Å²) < 4.78 is 1.94. The van der Waals surface area contributed by atoms with Gasteiger partial charge in [0.2, 0.25) is 0 Å². The van der Waals surface area contributed by atoms with Crippen molar-refractivity contribution in [1.82, 2.24) is 5.32 Å². The van der Waals surface area contributed by atoms with Crippen molar-refractivity contribution in [3.63, 3.8) is 0 Å². The number of nitrogens with zero attached hydrogens (tertiary/aromatic N) is 3. The number of amides is 1. The second kappa shape index (κ2) is 15.5. The fourth-order valence-corrected chi connectivity index (χ4v) is 3.23. The number of rotatable bonds is 14. The van der Waals surface area contributed by atoms with Crippen molar-refractivity contribution in [3.8, 4) is 0 Å². The molecule has 0 aromatic heterocycles. The average molecular weight is 447 g/mol. The minimum Gasteiger partial charge on any atom is -0.382 e. The number of ketones is 1. The summed E-state index contributed by atoms with van der Waals surface area (Å²) in [6.07, 6.45) is 0.929. The lowest BCUT2D eigenvalue weighted by Crippen LogP contribution is -2.52. The van der Waals surface area contributed by atoms with E-state index in [-0.39, 0.29) is 40.1 Å². The molecule has 0 saturated heterocycles. The molecule has 7 heteroatoms. The molecule has 0 aromatic carbocycles. The molecule has 2 N–H and O–H groups in total. The van der Waals surface area contributed by atoms with E-state index in [2.05, 4.69) is 47.1 Å². The van der Waals surface area contributed by atoms with Crippen molar-refractivity contribution in [2.45, 2.75) is 25.9 Å². The molecule has 0 heterocycles. The van der Waals surface area contributed by atoms with Crippen LogP contribution in [0.1, 0.15) is 19.8 Å². The van der Waals surface area contributed by atoms with Crippen LogP contribution in [0.5, 0.6) is 0 Å². The Morgan fingerprint density at radius 3 is 1.87 bits per heavy atom. The van der Waals surface area contributed by atoms with Crippen LogP contribution in [0.15, 0.2) is 12.2 Å². The van der Waals surface area contributed by atoms with E-state index < -0.39 is 0 Å². The highest BCUT2D eigenvalue weighted by Gasteiger charge is 2.25. The molecule has 0 radical (unpaired) electrons. The smallest absolute Gasteiger partial charge is 0.275 e. The molecule has 0 aliphatic carbocycles. The van der Waals surface area contributed by atoms with Gasteiger partial charge in [0.05, 0.1) is 68.8 Å². The molecule has 1 amide bonds. The Hall–Kier alpha value is -1.28. The number of quaternary nitrogens is 3. The van der Waals surface area contributed by atoms with Gasteiger partial charge in [0.25, 0.3) is 5.91 Å². The highest BCUT2D eigenvalue weighted by Crippen LogP contribution is 2.05. The van der Waals surface area contributed by atoms with Crippen LogP contribution in [-0.2, 0) is 9.59 Å². The van der Waals surface area contributed by atoms with Gasteiger partial charge in [-0.15, -0.1) is 0 Å². The van der Waals surface area contributed by atoms with Crippen LogP contribution in [0.3, 0.4) is 0 Å². The van der Waals surface area contributed by atoms with Gasteiger partial charge < -0.3 is 46.2 Å². The van der Waals surface area contributed by atoms with E-state index in [0.717, 1.165) is 28.5 Å². The number of Topliss-reactive ketones (excluding diaryl/α,β-unsaturated/α-hetero) is 1. The maximum atomic E-state index is 12.2. The molecule has 0 aromatic rings. The maximum Gasteiger partial charge on any atom is 0.275 e. The molecular formula is C24H54N4O3. The van der Waals surface area contributed by atoms with Crippen molar-refractivity contribution in [1.29, 1.82) is 0 Å². The lowest BCUT2D eigenvalue weighted by Gasteiger charge is -2.34. The predicted octanol–water partition coefficient (Wildman–Crippen LogP) is 1.60. The first-order valence-corrected chi connectivity index (χ1v) is 10.1. The molecule has 0 spiro atoms. The van der Waals surface area contributed by atoms with E-state index in [1.807, 2.05) is 14.1 Å². The molecule has 0 fully saturated rings. The fraction of sp³-hybridized carbons (Fsp3) is 0.708. The number of carbonyl (C=O) groups is 2. The third kappa shape index (κ3) is 20.4. The van der Waals surface area contributed by atoms with E-state index in [0.29, 0.717) is 42.7 Å². The Bertz CT molecular complexity index is 537. The first-order chi connectivity index (χ1) is 12.5. The van der Waals surface area contributed by atoms with Crippen LogP contribution < -0.4 is 5.32 Å². The number of carbonyl (C=O) groups excluding carboxylic acids is 2. The number of aliphatic hydroxyl groups excluding tert-OH is 1. The SMILES string of the molecule is C=C(C)C(=O)CC[N+](C)(C)CC(=O)NCCC[N+](C)(C)CC(O)C[N+](C)(C)C.[CH3-].[CH3-].[CH3-]. The number of hydrogen-bond donors (Lipinski definition) is 2. The zero-order valence-electron chi connectivity index (χ0n) is 22.5. The minimum atomic E-state index is -0.343. The Kier molecular flexibility index (Phi) is 18.5. The lowest BCUT2D eigenvalue weighted by molar-refractivity contribution is -0.907. The van der Waals surface area contributed by atoms with Crippen LogP contribution in [0, 0.1) is 22.3 Å². The Labute approximate surface area is 194 Å². The monoisotopic (exact) mass is 446 g/mol. The van der Waals surface area contributed by atoms with E-state index in [9.17, 15) is 14.7 Å². The van der Waals surface area contributed by atoms with Crippen LogP contribution in [-0.4, -0.2) is 125 Å². The second-order valence-corrected chi connectivity index (χ2v) is 10.4. The zero-order valence-corrected chi connectivity index (χ0v) is 22.5. The van der Waals surface area contributed by atoms with Crippen LogP contribution in [0.2, 0.25) is 0 Å². The molecule has 31 heavy (non-hydrogen) atoms. The van der Waals surface area contributed by atoms with Gasteiger partial charge in [0.15, 0.2) is 18.4 Å². The molecule has 188 valence electrons. The van der Waals surface area contributed by atoms with Crippen molar-refractivity contribution in [2.75, 3.05) is 88.6 Å². The molecule has 1 unspecified atom stereocenters. The standard InChI is InChI=1S/C21H44N4O3.3CH3/c1-18(2)20(27)11-14-25(8,9)17-21(28)22-12-10-13-24(6,7)16-19(26)15-23(3,4)5;;;/h19,26H,1,10-17H2,2-9H3;3*1H3/q+2;3*-1/p+1. The summed E-state index contributed by atoms with van der Waals surface area (Å²) in [5.74, 6) is 0.0576.